The van der Waals surface area contributed by atoms with Crippen molar-refractivity contribution in [2.24, 2.45) is 0 Å². The molecule has 10 nitrogen and oxygen atoms in total. The Morgan fingerprint density at radius 1 is 0.578 bits per heavy atom. The van der Waals surface area contributed by atoms with E-state index in [0.717, 1.165) is 78.7 Å². The van der Waals surface area contributed by atoms with Gasteiger partial charge in [0.05, 0.1) is 22.8 Å². The van der Waals surface area contributed by atoms with Crippen LogP contribution in [-0.4, -0.2) is 53.2 Å². The third-order valence-electron chi connectivity index (χ3n) is 8.92. The molecular weight excluding hydrogens is 572 g/mol. The highest BCUT2D eigenvalue weighted by molar-refractivity contribution is 5.96. The Bertz CT molecular complexity index is 1970. The normalized spacial score (nSPS) is 13.1. The fourth-order valence-corrected chi connectivity index (χ4v) is 6.32. The minimum atomic E-state index is -0.920. The molecular formula is C35H38N4O6. The predicted molar refractivity (Wildman–Crippen MR) is 175 cm³/mol. The summed E-state index contributed by atoms with van der Waals surface area (Å²) >= 11 is 0. The molecule has 0 aliphatic carbocycles. The van der Waals surface area contributed by atoms with E-state index < -0.39 is 17.9 Å². The Labute approximate surface area is 260 Å². The number of fused-ring (bicyclic) bond motifs is 8. The number of hydrogen-bond donors (Lipinski definition) is 5. The van der Waals surface area contributed by atoms with Crippen molar-refractivity contribution in [1.29, 1.82) is 0 Å². The van der Waals surface area contributed by atoms with Gasteiger partial charge in [-0.1, -0.05) is 6.92 Å². The first-order valence-corrected chi connectivity index (χ1v) is 15.2. The first-order valence-electron chi connectivity index (χ1n) is 15.2. The number of nitrogens with zero attached hydrogens (tertiary/aromatic N) is 2. The molecule has 3 aromatic rings. The van der Waals surface area contributed by atoms with Gasteiger partial charge in [0.1, 0.15) is 0 Å². The van der Waals surface area contributed by atoms with Crippen molar-refractivity contribution in [1.82, 2.24) is 19.9 Å². The molecule has 0 saturated heterocycles. The number of carboxylic acid groups (broad SMARTS) is 3. The van der Waals surface area contributed by atoms with Gasteiger partial charge in [-0.05, 0) is 122 Å². The van der Waals surface area contributed by atoms with Gasteiger partial charge >= 0.3 is 17.9 Å². The van der Waals surface area contributed by atoms with Crippen molar-refractivity contribution < 1.29 is 29.7 Å². The van der Waals surface area contributed by atoms with Gasteiger partial charge in [0.25, 0.3) is 0 Å². The molecule has 0 radical (unpaired) electrons. The molecule has 5 heterocycles. The van der Waals surface area contributed by atoms with Crippen molar-refractivity contribution in [3.63, 3.8) is 0 Å². The van der Waals surface area contributed by atoms with Gasteiger partial charge in [-0.25, -0.2) is 9.97 Å². The maximum Gasteiger partial charge on any atom is 0.303 e. The fraction of sp³-hybridized carbons (Fsp3) is 0.343. The number of aryl methyl sites for hydroxylation is 4. The second kappa shape index (κ2) is 12.6. The van der Waals surface area contributed by atoms with Crippen molar-refractivity contribution in [3.05, 3.63) is 69.3 Å². The zero-order valence-corrected chi connectivity index (χ0v) is 26.2. The summed E-state index contributed by atoms with van der Waals surface area (Å²) in [6.07, 6.45) is 1.51. The monoisotopic (exact) mass is 610 g/mol. The lowest BCUT2D eigenvalue weighted by Crippen LogP contribution is -1.98. The van der Waals surface area contributed by atoms with Crippen LogP contribution >= 0.6 is 0 Å². The molecule has 0 spiro atoms. The van der Waals surface area contributed by atoms with Crippen molar-refractivity contribution in [3.8, 4) is 0 Å². The minimum Gasteiger partial charge on any atom is -0.481 e. The van der Waals surface area contributed by atoms with E-state index in [9.17, 15) is 29.7 Å². The summed E-state index contributed by atoms with van der Waals surface area (Å²) in [5, 5.41) is 28.4. The van der Waals surface area contributed by atoms with Crippen molar-refractivity contribution >= 4 is 62.3 Å². The van der Waals surface area contributed by atoms with E-state index in [1.807, 2.05) is 45.0 Å². The second-order valence-electron chi connectivity index (χ2n) is 11.7. The summed E-state index contributed by atoms with van der Waals surface area (Å²) < 4.78 is 0. The zero-order chi connectivity index (χ0) is 32.6. The van der Waals surface area contributed by atoms with Crippen LogP contribution in [-0.2, 0) is 27.2 Å². The van der Waals surface area contributed by atoms with E-state index in [-0.39, 0.29) is 25.7 Å². The molecule has 0 fully saturated rings. The third kappa shape index (κ3) is 6.31. The maximum atomic E-state index is 11.6. The summed E-state index contributed by atoms with van der Waals surface area (Å²) in [5.74, 6) is -2.71. The third-order valence-corrected chi connectivity index (χ3v) is 8.92. The highest BCUT2D eigenvalue weighted by Crippen LogP contribution is 2.38. The van der Waals surface area contributed by atoms with Crippen LogP contribution in [0.2, 0.25) is 0 Å². The fourth-order valence-electron chi connectivity index (χ4n) is 6.32. The van der Waals surface area contributed by atoms with Gasteiger partial charge < -0.3 is 25.3 Å². The van der Waals surface area contributed by atoms with Gasteiger partial charge in [0, 0.05) is 41.3 Å². The molecule has 234 valence electrons. The molecule has 3 aromatic heterocycles. The highest BCUT2D eigenvalue weighted by atomic mass is 16.4. The molecule has 5 rings (SSSR count). The molecule has 0 aromatic carbocycles. The average molecular weight is 611 g/mol. The number of aromatic nitrogens is 4. The van der Waals surface area contributed by atoms with Crippen LogP contribution in [0.4, 0.5) is 0 Å². The average Bonchev–Trinajstić information content (AvgIpc) is 3.63. The Morgan fingerprint density at radius 3 is 1.51 bits per heavy atom. The molecule has 45 heavy (non-hydrogen) atoms. The highest BCUT2D eigenvalue weighted by Gasteiger charge is 2.23. The number of aromatic amines is 2. The quantitative estimate of drug-likeness (QED) is 0.162. The lowest BCUT2D eigenvalue weighted by atomic mass is 9.98. The smallest absolute Gasteiger partial charge is 0.303 e. The Balaban J connectivity index is 1.91. The minimum absolute atomic E-state index is 0.0405. The molecule has 0 amide bonds. The van der Waals surface area contributed by atoms with Gasteiger partial charge in [-0.2, -0.15) is 0 Å². The lowest BCUT2D eigenvalue weighted by Gasteiger charge is -2.04. The first kappa shape index (κ1) is 31.4. The van der Waals surface area contributed by atoms with Crippen LogP contribution in [0.15, 0.2) is 24.3 Å². The molecule has 8 bridgehead atoms. The van der Waals surface area contributed by atoms with Crippen LogP contribution in [0.5, 0.6) is 0 Å². The summed E-state index contributed by atoms with van der Waals surface area (Å²) in [6.45, 7) is 10.0. The van der Waals surface area contributed by atoms with Gasteiger partial charge in [0.15, 0.2) is 0 Å². The number of nitrogens with one attached hydrogen (secondary N) is 2. The van der Waals surface area contributed by atoms with Gasteiger partial charge in [-0.15, -0.1) is 0 Å². The molecule has 0 atom stereocenters. The van der Waals surface area contributed by atoms with E-state index in [1.165, 1.54) is 0 Å². The molecule has 2 aliphatic rings. The summed E-state index contributed by atoms with van der Waals surface area (Å²) in [6, 6.07) is 7.80. The predicted octanol–water partition coefficient (Wildman–Crippen LogP) is 7.10. The lowest BCUT2D eigenvalue weighted by molar-refractivity contribution is -0.137. The van der Waals surface area contributed by atoms with E-state index in [4.69, 9.17) is 9.97 Å². The van der Waals surface area contributed by atoms with E-state index in [2.05, 4.69) is 23.8 Å². The molecule has 10 heteroatoms. The van der Waals surface area contributed by atoms with Gasteiger partial charge in [-0.3, -0.25) is 14.4 Å². The largest absolute Gasteiger partial charge is 0.481 e. The molecule has 0 saturated carbocycles. The van der Waals surface area contributed by atoms with E-state index in [1.54, 1.807) is 0 Å². The standard InChI is InChI=1S/C35H38N4O6/c1-6-21-17(2)25-13-26-18(3)23(8-11-34(42)43)31(37-26)16-32-24(9-12-35(44)45)20(5)28(39-32)15-30-22(7-10-33(40)41)19(4)27(38-30)14-29(21)36-25/h13-16,36-37H,6-12H2,1-5H3,(H,40,41)(H,42,43)(H,44,45). The number of allylic oxidation sites excluding steroid dienone is 4. The number of rotatable bonds is 10. The summed E-state index contributed by atoms with van der Waals surface area (Å²) in [4.78, 5) is 51.7. The maximum absolute atomic E-state index is 11.6. The topological polar surface area (TPSA) is 169 Å². The van der Waals surface area contributed by atoms with Crippen molar-refractivity contribution in [2.75, 3.05) is 0 Å². The molecule has 2 aliphatic heterocycles. The van der Waals surface area contributed by atoms with E-state index >= 15 is 0 Å². The Kier molecular flexibility index (Phi) is 8.77. The number of hydrogen-bond acceptors (Lipinski definition) is 5. The first-order chi connectivity index (χ1) is 21.4. The van der Waals surface area contributed by atoms with Crippen LogP contribution < -0.4 is 0 Å². The zero-order valence-electron chi connectivity index (χ0n) is 26.2. The molecule has 0 unspecified atom stereocenters. The summed E-state index contributed by atoms with van der Waals surface area (Å²) in [7, 11) is 0. The Morgan fingerprint density at radius 2 is 1.00 bits per heavy atom. The van der Waals surface area contributed by atoms with Crippen LogP contribution in [0.3, 0.4) is 0 Å². The van der Waals surface area contributed by atoms with E-state index in [0.29, 0.717) is 29.9 Å². The van der Waals surface area contributed by atoms with Crippen molar-refractivity contribution in [2.45, 2.75) is 79.6 Å². The van der Waals surface area contributed by atoms with Crippen LogP contribution in [0.1, 0.15) is 97.9 Å². The number of aliphatic carboxylic acids is 3. The SMILES string of the molecule is CCc1c(C)c2cc3[nH]c(cc4nc(cc5nc(cc1[nH]2)C(C)=C5CCC(=O)O)C(C)=C4CCC(=O)O)c(CCC(=O)O)c3C. The number of carbonyl (C=O) groups is 3. The van der Waals surface area contributed by atoms with Gasteiger partial charge in [0.2, 0.25) is 0 Å². The molecule has 5 N–H and O–H groups in total. The Hall–Kier alpha value is -4.99. The number of carboxylic acids is 3. The summed E-state index contributed by atoms with van der Waals surface area (Å²) in [5.41, 5.74) is 13.4. The number of H-pyrrole nitrogens is 2. The van der Waals surface area contributed by atoms with Crippen LogP contribution in [0, 0.1) is 13.8 Å². The second-order valence-corrected chi connectivity index (χ2v) is 11.7. The van der Waals surface area contributed by atoms with Crippen LogP contribution in [0.25, 0.3) is 44.4 Å².